The second-order valence-corrected chi connectivity index (χ2v) is 3.05. The molecule has 0 bridgehead atoms. The van der Waals surface area contributed by atoms with Crippen LogP contribution in [0.1, 0.15) is 12.8 Å². The molecule has 0 unspecified atom stereocenters. The third kappa shape index (κ3) is 6.16. The first kappa shape index (κ1) is 8.16. The highest BCUT2D eigenvalue weighted by atomic mass is 127. The van der Waals surface area contributed by atoms with Gasteiger partial charge in [0.15, 0.2) is 0 Å². The first-order chi connectivity index (χ1) is 3.63. The van der Waals surface area contributed by atoms with Gasteiger partial charge in [-0.2, -0.15) is 0 Å². The van der Waals surface area contributed by atoms with Gasteiger partial charge in [0.2, 0.25) is 0 Å². The number of carboxylic acids is 1. The van der Waals surface area contributed by atoms with Gasteiger partial charge in [-0.05, 0) is 6.42 Å². The molecule has 0 saturated carbocycles. The molecule has 0 spiro atoms. The Balaban J connectivity index is 3.05. The van der Waals surface area contributed by atoms with Gasteiger partial charge in [-0.3, -0.25) is 4.79 Å². The summed E-state index contributed by atoms with van der Waals surface area (Å²) in [6.07, 6.45) is 0.722. The maximum Gasteiger partial charge on any atom is 0.303 e. The summed E-state index contributed by atoms with van der Waals surface area (Å²) in [7, 11) is 0. The molecule has 0 saturated heterocycles. The predicted molar refractivity (Wildman–Crippen MR) is 38.9 cm³/mol. The number of carbonyl (C=O) groups is 1. The number of hydrogen-bond donors (Lipinski definition) is 2. The highest BCUT2D eigenvalue weighted by Crippen LogP contribution is 2.00. The summed E-state index contributed by atoms with van der Waals surface area (Å²) < 4.78 is -0.0244. The maximum absolute atomic E-state index is 9.84. The Labute approximate surface area is 61.4 Å². The molecular formula is C4H8INO2. The Bertz CT molecular complexity index is 84.1. The summed E-state index contributed by atoms with van der Waals surface area (Å²) in [5.74, 6) is -0.780. The van der Waals surface area contributed by atoms with Gasteiger partial charge < -0.3 is 10.8 Å². The SMILES string of the molecule is N[C@H](I)CCC(=O)O. The van der Waals surface area contributed by atoms with Crippen LogP contribution >= 0.6 is 22.6 Å². The van der Waals surface area contributed by atoms with Crippen LogP contribution < -0.4 is 5.73 Å². The van der Waals surface area contributed by atoms with Gasteiger partial charge >= 0.3 is 5.97 Å². The van der Waals surface area contributed by atoms with E-state index in [-0.39, 0.29) is 10.5 Å². The van der Waals surface area contributed by atoms with Crippen molar-refractivity contribution in [3.05, 3.63) is 0 Å². The second kappa shape index (κ2) is 4.08. The van der Waals surface area contributed by atoms with Crippen molar-refractivity contribution in [3.8, 4) is 0 Å². The minimum atomic E-state index is -0.780. The zero-order valence-electron chi connectivity index (χ0n) is 4.30. The second-order valence-electron chi connectivity index (χ2n) is 1.45. The number of alkyl halides is 1. The fraction of sp³-hybridized carbons (Fsp3) is 0.750. The molecule has 0 aromatic heterocycles. The van der Waals surface area contributed by atoms with Crippen LogP contribution in [-0.4, -0.2) is 15.1 Å². The third-order valence-corrected chi connectivity index (χ3v) is 1.26. The minimum Gasteiger partial charge on any atom is -0.481 e. The molecule has 48 valence electrons. The molecule has 4 heteroatoms. The van der Waals surface area contributed by atoms with E-state index < -0.39 is 5.97 Å². The molecule has 8 heavy (non-hydrogen) atoms. The number of carboxylic acid groups (broad SMARTS) is 1. The minimum absolute atomic E-state index is 0.0244. The standard InChI is InChI=1S/C4H8INO2/c5-3(6)1-2-4(7)8/h3H,1-2,6H2,(H,7,8)/t3-/m0/s1. The topological polar surface area (TPSA) is 63.3 Å². The molecule has 0 fully saturated rings. The summed E-state index contributed by atoms with van der Waals surface area (Å²) in [6.45, 7) is 0. The lowest BCUT2D eigenvalue weighted by molar-refractivity contribution is -0.137. The van der Waals surface area contributed by atoms with E-state index in [1.165, 1.54) is 0 Å². The van der Waals surface area contributed by atoms with Gasteiger partial charge in [0.25, 0.3) is 0 Å². The fourth-order valence-corrected chi connectivity index (χ4v) is 0.573. The van der Waals surface area contributed by atoms with E-state index in [0.717, 1.165) is 0 Å². The molecule has 0 aliphatic carbocycles. The normalized spacial score (nSPS) is 13.2. The Morgan fingerprint density at radius 1 is 1.88 bits per heavy atom. The summed E-state index contributed by atoms with van der Waals surface area (Å²) >= 11 is 1.99. The molecule has 0 amide bonds. The number of aliphatic carboxylic acids is 1. The van der Waals surface area contributed by atoms with E-state index in [4.69, 9.17) is 10.8 Å². The van der Waals surface area contributed by atoms with Gasteiger partial charge in [-0.25, -0.2) is 0 Å². The average molecular weight is 229 g/mol. The lowest BCUT2D eigenvalue weighted by Gasteiger charge is -1.96. The van der Waals surface area contributed by atoms with Gasteiger partial charge in [-0.15, -0.1) is 0 Å². The van der Waals surface area contributed by atoms with E-state index >= 15 is 0 Å². The molecular weight excluding hydrogens is 221 g/mol. The number of hydrogen-bond acceptors (Lipinski definition) is 2. The van der Waals surface area contributed by atoms with E-state index in [2.05, 4.69) is 0 Å². The van der Waals surface area contributed by atoms with Crippen LogP contribution in [0.2, 0.25) is 0 Å². The Kier molecular flexibility index (Phi) is 4.16. The molecule has 0 aliphatic heterocycles. The molecule has 0 heterocycles. The van der Waals surface area contributed by atoms with Crippen molar-refractivity contribution in [1.29, 1.82) is 0 Å². The Morgan fingerprint density at radius 3 is 2.50 bits per heavy atom. The summed E-state index contributed by atoms with van der Waals surface area (Å²) in [5, 5.41) is 8.10. The molecule has 3 N–H and O–H groups in total. The van der Waals surface area contributed by atoms with Gasteiger partial charge in [0.1, 0.15) is 0 Å². The largest absolute Gasteiger partial charge is 0.481 e. The summed E-state index contributed by atoms with van der Waals surface area (Å²) in [4.78, 5) is 9.84. The highest BCUT2D eigenvalue weighted by Gasteiger charge is 1.99. The monoisotopic (exact) mass is 229 g/mol. The number of nitrogens with two attached hydrogens (primary N) is 1. The lowest BCUT2D eigenvalue weighted by atomic mass is 10.3. The van der Waals surface area contributed by atoms with Crippen molar-refractivity contribution in [2.75, 3.05) is 0 Å². The van der Waals surface area contributed by atoms with E-state index in [1.54, 1.807) is 0 Å². The summed E-state index contributed by atoms with van der Waals surface area (Å²) in [6, 6.07) is 0. The lowest BCUT2D eigenvalue weighted by Crippen LogP contribution is -2.12. The van der Waals surface area contributed by atoms with Crippen LogP contribution in [0.5, 0.6) is 0 Å². The summed E-state index contributed by atoms with van der Waals surface area (Å²) in [5.41, 5.74) is 5.26. The van der Waals surface area contributed by atoms with Gasteiger partial charge in [0.05, 0.1) is 4.05 Å². The molecule has 0 aliphatic rings. The zero-order chi connectivity index (χ0) is 6.57. The van der Waals surface area contributed by atoms with Crippen LogP contribution in [0.4, 0.5) is 0 Å². The first-order valence-electron chi connectivity index (χ1n) is 2.24. The van der Waals surface area contributed by atoms with Gasteiger partial charge in [0, 0.05) is 6.42 Å². The molecule has 1 atom stereocenters. The predicted octanol–water partition coefficient (Wildman–Crippen LogP) is 0.571. The van der Waals surface area contributed by atoms with Crippen LogP contribution in [0, 0.1) is 0 Å². The highest BCUT2D eigenvalue weighted by molar-refractivity contribution is 14.1. The molecule has 0 radical (unpaired) electrons. The van der Waals surface area contributed by atoms with Crippen molar-refractivity contribution >= 4 is 28.6 Å². The maximum atomic E-state index is 9.84. The average Bonchev–Trinajstić information content (AvgIpc) is 1.61. The van der Waals surface area contributed by atoms with Crippen LogP contribution in [-0.2, 0) is 4.79 Å². The fourth-order valence-electron chi connectivity index (χ4n) is 0.261. The van der Waals surface area contributed by atoms with Crippen molar-refractivity contribution < 1.29 is 9.90 Å². The zero-order valence-corrected chi connectivity index (χ0v) is 6.46. The Hall–Kier alpha value is 0.160. The van der Waals surface area contributed by atoms with Crippen molar-refractivity contribution in [1.82, 2.24) is 0 Å². The molecule has 0 aromatic carbocycles. The van der Waals surface area contributed by atoms with Gasteiger partial charge in [-0.1, -0.05) is 22.6 Å². The van der Waals surface area contributed by atoms with Crippen molar-refractivity contribution in [3.63, 3.8) is 0 Å². The number of halogens is 1. The van der Waals surface area contributed by atoms with Crippen LogP contribution in [0.3, 0.4) is 0 Å². The smallest absolute Gasteiger partial charge is 0.303 e. The van der Waals surface area contributed by atoms with E-state index in [0.29, 0.717) is 6.42 Å². The van der Waals surface area contributed by atoms with Crippen LogP contribution in [0.15, 0.2) is 0 Å². The van der Waals surface area contributed by atoms with E-state index in [9.17, 15) is 4.79 Å². The van der Waals surface area contributed by atoms with E-state index in [1.807, 2.05) is 22.6 Å². The number of rotatable bonds is 3. The molecule has 0 rings (SSSR count). The first-order valence-corrected chi connectivity index (χ1v) is 3.49. The van der Waals surface area contributed by atoms with Crippen molar-refractivity contribution in [2.45, 2.75) is 16.9 Å². The van der Waals surface area contributed by atoms with Crippen molar-refractivity contribution in [2.24, 2.45) is 5.73 Å². The van der Waals surface area contributed by atoms with Crippen LogP contribution in [0.25, 0.3) is 0 Å². The molecule has 0 aromatic rings. The quantitative estimate of drug-likeness (QED) is 0.422. The Morgan fingerprint density at radius 2 is 2.38 bits per heavy atom. The third-order valence-electron chi connectivity index (χ3n) is 0.634. The molecule has 3 nitrogen and oxygen atoms in total.